The number of amides is 2. The molecule has 0 bridgehead atoms. The minimum atomic E-state index is -0.221. The lowest BCUT2D eigenvalue weighted by Gasteiger charge is -2.33. The first-order valence-corrected chi connectivity index (χ1v) is 10.7. The summed E-state index contributed by atoms with van der Waals surface area (Å²) >= 11 is 0. The molecule has 2 amide bonds. The minimum absolute atomic E-state index is 0.0570. The van der Waals surface area contributed by atoms with E-state index in [9.17, 15) is 14.0 Å². The van der Waals surface area contributed by atoms with Gasteiger partial charge in [0.05, 0.1) is 32.2 Å². The number of nitrogens with zero attached hydrogens (tertiary/aromatic N) is 1. The Kier molecular flexibility index (Phi) is 6.90. The van der Waals surface area contributed by atoms with E-state index >= 15 is 0 Å². The van der Waals surface area contributed by atoms with E-state index in [2.05, 4.69) is 5.32 Å². The highest BCUT2D eigenvalue weighted by Gasteiger charge is 2.36. The molecule has 2 aliphatic rings. The second-order valence-corrected chi connectivity index (χ2v) is 9.48. The molecule has 1 unspecified atom stereocenters. The minimum Gasteiger partial charge on any atom is -0.347 e. The summed E-state index contributed by atoms with van der Waals surface area (Å²) in [5.41, 5.74) is 0.461. The molecule has 0 aromatic heterocycles. The summed E-state index contributed by atoms with van der Waals surface area (Å²) in [6.07, 6.45) is 2.22. The average molecular weight is 407 g/mol. The summed E-state index contributed by atoms with van der Waals surface area (Å²) in [7, 11) is 0. The average Bonchev–Trinajstić information content (AvgIpc) is 3.47. The number of benzene rings is 1. The molecule has 3 N–H and O–H groups in total. The van der Waals surface area contributed by atoms with Gasteiger partial charge in [0.25, 0.3) is 11.8 Å². The van der Waals surface area contributed by atoms with Crippen molar-refractivity contribution in [1.29, 1.82) is 0 Å². The maximum Gasteiger partial charge on any atom is 0.278 e. The molecule has 160 valence electrons. The molecule has 3 rings (SSSR count). The molecule has 1 atom stereocenters. The Hall–Kier alpha value is -1.99. The molecule has 1 saturated carbocycles. The quantitative estimate of drug-likeness (QED) is 0.545. The number of carbonyl (C=O) groups excluding carboxylic acids is 2. The van der Waals surface area contributed by atoms with Gasteiger partial charge in [-0.2, -0.15) is 0 Å². The maximum absolute atomic E-state index is 14.0. The molecule has 1 aromatic carbocycles. The van der Waals surface area contributed by atoms with Gasteiger partial charge >= 0.3 is 0 Å². The number of quaternary nitrogens is 2. The van der Waals surface area contributed by atoms with Gasteiger partial charge in [-0.05, 0) is 26.8 Å². The van der Waals surface area contributed by atoms with Gasteiger partial charge < -0.3 is 20.0 Å². The van der Waals surface area contributed by atoms with Crippen molar-refractivity contribution in [3.63, 3.8) is 0 Å². The Morgan fingerprint density at radius 1 is 1.21 bits per heavy atom. The Morgan fingerprint density at radius 3 is 2.45 bits per heavy atom. The number of halogens is 1. The smallest absolute Gasteiger partial charge is 0.278 e. The third-order valence-electron chi connectivity index (χ3n) is 5.66. The first-order chi connectivity index (χ1) is 13.7. The Balaban J connectivity index is 1.47. The summed E-state index contributed by atoms with van der Waals surface area (Å²) in [4.78, 5) is 29.3. The molecular formula is C22H35FN4O2+2. The van der Waals surface area contributed by atoms with Gasteiger partial charge in [0, 0.05) is 23.9 Å². The van der Waals surface area contributed by atoms with Gasteiger partial charge in [0.15, 0.2) is 13.1 Å². The van der Waals surface area contributed by atoms with Crippen LogP contribution in [0.3, 0.4) is 0 Å². The van der Waals surface area contributed by atoms with Crippen molar-refractivity contribution in [2.45, 2.75) is 51.7 Å². The summed E-state index contributed by atoms with van der Waals surface area (Å²) in [6.45, 7) is 10.3. The van der Waals surface area contributed by atoms with Crippen molar-refractivity contribution in [1.82, 2.24) is 10.2 Å². The van der Waals surface area contributed by atoms with Crippen LogP contribution in [-0.4, -0.2) is 67.6 Å². The van der Waals surface area contributed by atoms with Crippen molar-refractivity contribution in [3.05, 3.63) is 35.6 Å². The van der Waals surface area contributed by atoms with Crippen LogP contribution in [0, 0.1) is 5.82 Å². The topological polar surface area (TPSA) is 58.3 Å². The van der Waals surface area contributed by atoms with Gasteiger partial charge in [-0.3, -0.25) is 9.59 Å². The third kappa shape index (κ3) is 6.78. The fourth-order valence-corrected chi connectivity index (χ4v) is 3.97. The van der Waals surface area contributed by atoms with Gasteiger partial charge in [0.2, 0.25) is 0 Å². The van der Waals surface area contributed by atoms with E-state index in [1.54, 1.807) is 6.07 Å². The molecule has 1 heterocycles. The van der Waals surface area contributed by atoms with Crippen LogP contribution in [0.1, 0.15) is 39.2 Å². The monoisotopic (exact) mass is 406 g/mol. The van der Waals surface area contributed by atoms with E-state index in [1.165, 1.54) is 15.9 Å². The standard InChI is InChI=1S/C22H33FN4O2/c1-22(2,3)24-20(28)15-25-10-12-26(13-11-25)21(29)16-27(18-8-9-18)14-17-6-4-5-7-19(17)23/h4-7,18H,8-16H2,1-3H3,(H,24,28)/p+2. The fraction of sp³-hybridized carbons (Fsp3) is 0.636. The lowest BCUT2D eigenvalue weighted by Crippen LogP contribution is -3.16. The Bertz CT molecular complexity index is 722. The lowest BCUT2D eigenvalue weighted by molar-refractivity contribution is -0.918. The second kappa shape index (κ2) is 9.22. The van der Waals surface area contributed by atoms with Crippen molar-refractivity contribution in [2.75, 3.05) is 39.3 Å². The third-order valence-corrected chi connectivity index (χ3v) is 5.66. The number of hydrogen-bond donors (Lipinski definition) is 3. The van der Waals surface area contributed by atoms with E-state index in [-0.39, 0.29) is 23.2 Å². The maximum atomic E-state index is 14.0. The molecular weight excluding hydrogens is 371 g/mol. The van der Waals surface area contributed by atoms with E-state index < -0.39 is 0 Å². The molecule has 2 fully saturated rings. The number of nitrogens with one attached hydrogen (secondary N) is 3. The Labute approximate surface area is 173 Å². The zero-order chi connectivity index (χ0) is 21.0. The van der Waals surface area contributed by atoms with E-state index in [0.29, 0.717) is 44.3 Å². The predicted octanol–water partition coefficient (Wildman–Crippen LogP) is -0.985. The molecule has 0 spiro atoms. The molecule has 6 nitrogen and oxygen atoms in total. The first kappa shape index (κ1) is 21.7. The number of piperazine rings is 1. The molecule has 7 heteroatoms. The summed E-state index contributed by atoms with van der Waals surface area (Å²) in [6, 6.07) is 7.31. The molecule has 1 aliphatic carbocycles. The van der Waals surface area contributed by atoms with Crippen LogP contribution < -0.4 is 15.1 Å². The zero-order valence-corrected chi connectivity index (χ0v) is 17.9. The number of hydrogen-bond acceptors (Lipinski definition) is 2. The van der Waals surface area contributed by atoms with Crippen molar-refractivity contribution >= 4 is 11.8 Å². The van der Waals surface area contributed by atoms with Gasteiger partial charge in [0.1, 0.15) is 12.4 Å². The first-order valence-electron chi connectivity index (χ1n) is 10.7. The summed E-state index contributed by atoms with van der Waals surface area (Å²) in [5.74, 6) is 0.00629. The van der Waals surface area contributed by atoms with E-state index in [0.717, 1.165) is 25.9 Å². The van der Waals surface area contributed by atoms with Gasteiger partial charge in [-0.25, -0.2) is 4.39 Å². The highest BCUT2D eigenvalue weighted by atomic mass is 19.1. The largest absolute Gasteiger partial charge is 0.347 e. The van der Waals surface area contributed by atoms with Crippen LogP contribution in [0.25, 0.3) is 0 Å². The van der Waals surface area contributed by atoms with Crippen LogP contribution in [0.15, 0.2) is 24.3 Å². The van der Waals surface area contributed by atoms with Crippen LogP contribution in [0.2, 0.25) is 0 Å². The van der Waals surface area contributed by atoms with Crippen molar-refractivity contribution in [3.8, 4) is 0 Å². The van der Waals surface area contributed by atoms with Crippen LogP contribution in [-0.2, 0) is 16.1 Å². The molecule has 0 radical (unpaired) electrons. The number of rotatable bonds is 7. The molecule has 29 heavy (non-hydrogen) atoms. The van der Waals surface area contributed by atoms with Crippen molar-refractivity contribution in [2.24, 2.45) is 0 Å². The highest BCUT2D eigenvalue weighted by molar-refractivity contribution is 5.78. The van der Waals surface area contributed by atoms with Gasteiger partial charge in [-0.1, -0.05) is 18.2 Å². The Morgan fingerprint density at radius 2 is 1.86 bits per heavy atom. The summed E-state index contributed by atoms with van der Waals surface area (Å²) in [5, 5.41) is 3.00. The van der Waals surface area contributed by atoms with Crippen LogP contribution in [0.5, 0.6) is 0 Å². The van der Waals surface area contributed by atoms with E-state index in [1.807, 2.05) is 37.8 Å². The zero-order valence-electron chi connectivity index (χ0n) is 17.9. The second-order valence-electron chi connectivity index (χ2n) is 9.48. The van der Waals surface area contributed by atoms with Crippen molar-refractivity contribution < 1.29 is 23.8 Å². The van der Waals surface area contributed by atoms with Gasteiger partial charge in [-0.15, -0.1) is 0 Å². The number of carbonyl (C=O) groups is 2. The van der Waals surface area contributed by atoms with Crippen LogP contribution in [0.4, 0.5) is 4.39 Å². The van der Waals surface area contributed by atoms with Crippen LogP contribution >= 0.6 is 0 Å². The summed E-state index contributed by atoms with van der Waals surface area (Å²) < 4.78 is 14.0. The molecule has 1 aliphatic heterocycles. The normalized spacial score (nSPS) is 19.1. The highest BCUT2D eigenvalue weighted by Crippen LogP contribution is 2.16. The molecule has 1 saturated heterocycles. The molecule has 1 aromatic rings. The fourth-order valence-electron chi connectivity index (χ4n) is 3.97. The SMILES string of the molecule is CC(C)(C)NC(=O)C[NH+]1CCN(C(=O)C[NH+](Cc2ccccc2F)C2CC2)CC1. The van der Waals surface area contributed by atoms with E-state index in [4.69, 9.17) is 0 Å². The predicted molar refractivity (Wildman–Crippen MR) is 109 cm³/mol. The lowest BCUT2D eigenvalue weighted by atomic mass is 10.1.